The Morgan fingerprint density at radius 3 is 2.78 bits per heavy atom. The van der Waals surface area contributed by atoms with E-state index in [0.29, 0.717) is 12.5 Å². The Morgan fingerprint density at radius 1 is 1.39 bits per heavy atom. The molecular formula is C14H19N3O. The molecule has 0 aliphatic heterocycles. The van der Waals surface area contributed by atoms with Gasteiger partial charge in [-0.25, -0.2) is 4.98 Å². The van der Waals surface area contributed by atoms with Crippen LogP contribution in [0.1, 0.15) is 31.2 Å². The Hall–Kier alpha value is -1.81. The molecule has 0 amide bonds. The van der Waals surface area contributed by atoms with Gasteiger partial charge in [0.05, 0.1) is 13.7 Å². The fourth-order valence-corrected chi connectivity index (χ4v) is 2.04. The van der Waals surface area contributed by atoms with Gasteiger partial charge in [0, 0.05) is 18.1 Å². The van der Waals surface area contributed by atoms with Crippen molar-refractivity contribution in [3.05, 3.63) is 42.0 Å². The third-order valence-corrected chi connectivity index (χ3v) is 3.01. The summed E-state index contributed by atoms with van der Waals surface area (Å²) in [5.41, 5.74) is 7.93. The van der Waals surface area contributed by atoms with Gasteiger partial charge in [0.1, 0.15) is 11.6 Å². The Morgan fingerprint density at radius 2 is 2.17 bits per heavy atom. The minimum absolute atomic E-state index is 0.407. The topological polar surface area (TPSA) is 53.1 Å². The average molecular weight is 245 g/mol. The van der Waals surface area contributed by atoms with E-state index in [0.717, 1.165) is 17.3 Å². The predicted molar refractivity (Wildman–Crippen MR) is 72.1 cm³/mol. The Balaban J connectivity index is 2.50. The van der Waals surface area contributed by atoms with Crippen LogP contribution in [-0.2, 0) is 6.54 Å². The number of aromatic nitrogens is 2. The molecule has 0 saturated heterocycles. The lowest BCUT2D eigenvalue weighted by Crippen LogP contribution is -2.07. The quantitative estimate of drug-likeness (QED) is 0.900. The van der Waals surface area contributed by atoms with Crippen molar-refractivity contribution in [1.29, 1.82) is 0 Å². The largest absolute Gasteiger partial charge is 0.496 e. The maximum Gasteiger partial charge on any atom is 0.126 e. The summed E-state index contributed by atoms with van der Waals surface area (Å²) in [4.78, 5) is 4.23. The molecule has 2 aromatic rings. The normalized spacial score (nSPS) is 10.9. The van der Waals surface area contributed by atoms with Gasteiger partial charge in [0.25, 0.3) is 0 Å². The van der Waals surface area contributed by atoms with Gasteiger partial charge in [0.15, 0.2) is 0 Å². The molecule has 0 aliphatic rings. The number of ether oxygens (including phenoxy) is 1. The fourth-order valence-electron chi connectivity index (χ4n) is 2.04. The van der Waals surface area contributed by atoms with Gasteiger partial charge < -0.3 is 15.0 Å². The number of hydrogen-bond acceptors (Lipinski definition) is 3. The molecule has 0 spiro atoms. The second kappa shape index (κ2) is 5.23. The zero-order valence-electron chi connectivity index (χ0n) is 11.1. The smallest absolute Gasteiger partial charge is 0.126 e. The van der Waals surface area contributed by atoms with E-state index in [1.165, 1.54) is 5.56 Å². The Kier molecular flexibility index (Phi) is 3.67. The number of methoxy groups -OCH3 is 1. The summed E-state index contributed by atoms with van der Waals surface area (Å²) >= 11 is 0. The van der Waals surface area contributed by atoms with Crippen LogP contribution < -0.4 is 10.5 Å². The van der Waals surface area contributed by atoms with E-state index in [2.05, 4.69) is 24.9 Å². The number of rotatable bonds is 4. The first-order chi connectivity index (χ1) is 8.67. The number of imidazole rings is 1. The second-order valence-electron chi connectivity index (χ2n) is 4.50. The molecule has 0 radical (unpaired) electrons. The van der Waals surface area contributed by atoms with E-state index in [9.17, 15) is 0 Å². The number of nitrogens with two attached hydrogens (primary N) is 1. The van der Waals surface area contributed by atoms with E-state index < -0.39 is 0 Å². The predicted octanol–water partition coefficient (Wildman–Crippen LogP) is 2.46. The number of benzene rings is 1. The lowest BCUT2D eigenvalue weighted by molar-refractivity contribution is 0.407. The van der Waals surface area contributed by atoms with Crippen molar-refractivity contribution in [2.24, 2.45) is 5.73 Å². The molecule has 0 aliphatic carbocycles. The molecule has 2 rings (SSSR count). The fraction of sp³-hybridized carbons (Fsp3) is 0.357. The maximum atomic E-state index is 5.68. The van der Waals surface area contributed by atoms with Gasteiger partial charge in [-0.1, -0.05) is 13.8 Å². The maximum absolute atomic E-state index is 5.68. The highest BCUT2D eigenvalue weighted by molar-refractivity contribution is 5.46. The van der Waals surface area contributed by atoms with Crippen LogP contribution in [0.4, 0.5) is 0 Å². The van der Waals surface area contributed by atoms with Crippen molar-refractivity contribution < 1.29 is 4.74 Å². The van der Waals surface area contributed by atoms with E-state index in [-0.39, 0.29) is 0 Å². The van der Waals surface area contributed by atoms with E-state index in [1.807, 2.05) is 22.9 Å². The van der Waals surface area contributed by atoms with Crippen LogP contribution in [0.5, 0.6) is 5.75 Å². The zero-order chi connectivity index (χ0) is 13.1. The molecule has 0 fully saturated rings. The van der Waals surface area contributed by atoms with Crippen molar-refractivity contribution in [2.45, 2.75) is 26.3 Å². The number of nitrogens with zero attached hydrogens (tertiary/aromatic N) is 2. The Labute approximate surface area is 107 Å². The van der Waals surface area contributed by atoms with Gasteiger partial charge in [-0.05, 0) is 29.7 Å². The summed E-state index contributed by atoms with van der Waals surface area (Å²) in [6, 6.07) is 6.14. The SMILES string of the molecule is COc1ccc(-n2ccnc2CN)cc1C(C)C. The van der Waals surface area contributed by atoms with Gasteiger partial charge in [-0.2, -0.15) is 0 Å². The Bertz CT molecular complexity index is 532. The molecule has 96 valence electrons. The molecular weight excluding hydrogens is 226 g/mol. The zero-order valence-corrected chi connectivity index (χ0v) is 11.1. The summed E-state index contributed by atoms with van der Waals surface area (Å²) < 4.78 is 7.39. The summed E-state index contributed by atoms with van der Waals surface area (Å²) in [6.45, 7) is 4.73. The van der Waals surface area contributed by atoms with Crippen LogP contribution in [0.25, 0.3) is 5.69 Å². The van der Waals surface area contributed by atoms with Crippen molar-refractivity contribution in [3.63, 3.8) is 0 Å². The minimum Gasteiger partial charge on any atom is -0.496 e. The van der Waals surface area contributed by atoms with Crippen molar-refractivity contribution in [3.8, 4) is 11.4 Å². The lowest BCUT2D eigenvalue weighted by atomic mass is 10.0. The number of hydrogen-bond donors (Lipinski definition) is 1. The van der Waals surface area contributed by atoms with Crippen LogP contribution >= 0.6 is 0 Å². The van der Waals surface area contributed by atoms with Gasteiger partial charge in [-0.15, -0.1) is 0 Å². The molecule has 18 heavy (non-hydrogen) atoms. The summed E-state index contributed by atoms with van der Waals surface area (Å²) in [6.07, 6.45) is 3.69. The van der Waals surface area contributed by atoms with Crippen LogP contribution in [0.3, 0.4) is 0 Å². The monoisotopic (exact) mass is 245 g/mol. The average Bonchev–Trinajstić information content (AvgIpc) is 2.86. The minimum atomic E-state index is 0.407. The molecule has 0 saturated carbocycles. The first-order valence-corrected chi connectivity index (χ1v) is 6.08. The molecule has 4 heteroatoms. The first-order valence-electron chi connectivity index (χ1n) is 6.08. The molecule has 0 bridgehead atoms. The lowest BCUT2D eigenvalue weighted by Gasteiger charge is -2.14. The van der Waals surface area contributed by atoms with E-state index in [4.69, 9.17) is 10.5 Å². The third kappa shape index (κ3) is 2.24. The standard InChI is InChI=1S/C14H19N3O/c1-10(2)12-8-11(4-5-13(12)18-3)17-7-6-16-14(17)9-15/h4-8,10H,9,15H2,1-3H3. The van der Waals surface area contributed by atoms with Crippen molar-refractivity contribution >= 4 is 0 Å². The summed E-state index contributed by atoms with van der Waals surface area (Å²) in [7, 11) is 1.70. The van der Waals surface area contributed by atoms with Crippen LogP contribution in [-0.4, -0.2) is 16.7 Å². The van der Waals surface area contributed by atoms with Crippen LogP contribution in [0.15, 0.2) is 30.6 Å². The summed E-state index contributed by atoms with van der Waals surface area (Å²) in [5.74, 6) is 2.18. The van der Waals surface area contributed by atoms with Crippen molar-refractivity contribution in [1.82, 2.24) is 9.55 Å². The first kappa shape index (κ1) is 12.6. The third-order valence-electron chi connectivity index (χ3n) is 3.01. The van der Waals surface area contributed by atoms with Crippen LogP contribution in [0, 0.1) is 0 Å². The molecule has 1 aromatic heterocycles. The molecule has 4 nitrogen and oxygen atoms in total. The van der Waals surface area contributed by atoms with Gasteiger partial charge in [0.2, 0.25) is 0 Å². The molecule has 0 unspecified atom stereocenters. The second-order valence-corrected chi connectivity index (χ2v) is 4.50. The molecule has 0 atom stereocenters. The molecule has 1 aromatic carbocycles. The highest BCUT2D eigenvalue weighted by Gasteiger charge is 2.10. The summed E-state index contributed by atoms with van der Waals surface area (Å²) in [5, 5.41) is 0. The van der Waals surface area contributed by atoms with E-state index >= 15 is 0 Å². The molecule has 1 heterocycles. The highest BCUT2D eigenvalue weighted by atomic mass is 16.5. The highest BCUT2D eigenvalue weighted by Crippen LogP contribution is 2.28. The van der Waals surface area contributed by atoms with E-state index in [1.54, 1.807) is 13.3 Å². The van der Waals surface area contributed by atoms with Gasteiger partial charge >= 0.3 is 0 Å². The molecule has 2 N–H and O–H groups in total. The van der Waals surface area contributed by atoms with Gasteiger partial charge in [-0.3, -0.25) is 0 Å². The van der Waals surface area contributed by atoms with Crippen LogP contribution in [0.2, 0.25) is 0 Å². The van der Waals surface area contributed by atoms with Crippen molar-refractivity contribution in [2.75, 3.05) is 7.11 Å².